The Morgan fingerprint density at radius 2 is 1.74 bits per heavy atom. The van der Waals surface area contributed by atoms with E-state index < -0.39 is 23.8 Å². The smallest absolute Gasteiger partial charge is 0.257 e. The summed E-state index contributed by atoms with van der Waals surface area (Å²) in [6.45, 7) is 1.87. The van der Waals surface area contributed by atoms with Crippen LogP contribution in [0, 0.1) is 11.6 Å². The fourth-order valence-electron chi connectivity index (χ4n) is 2.64. The van der Waals surface area contributed by atoms with Crippen molar-refractivity contribution in [2.75, 3.05) is 12.4 Å². The van der Waals surface area contributed by atoms with Crippen LogP contribution in [0.3, 0.4) is 0 Å². The molecule has 0 saturated heterocycles. The van der Waals surface area contributed by atoms with Crippen LogP contribution in [0.1, 0.15) is 23.7 Å². The molecule has 31 heavy (non-hydrogen) atoms. The molecule has 9 heteroatoms. The number of hydrogen-bond donors (Lipinski definition) is 1. The Bertz CT molecular complexity index is 1040. The van der Waals surface area contributed by atoms with Crippen molar-refractivity contribution in [1.82, 2.24) is 4.98 Å². The molecule has 0 fully saturated rings. The zero-order chi connectivity index (χ0) is 22.4. The van der Waals surface area contributed by atoms with Crippen molar-refractivity contribution in [3.63, 3.8) is 0 Å². The van der Waals surface area contributed by atoms with E-state index in [2.05, 4.69) is 26.2 Å². The van der Waals surface area contributed by atoms with Crippen LogP contribution in [0.5, 0.6) is 17.2 Å². The van der Waals surface area contributed by atoms with Gasteiger partial charge in [-0.1, -0.05) is 6.92 Å². The number of carbonyl (C=O) groups is 1. The second-order valence-electron chi connectivity index (χ2n) is 6.41. The maximum atomic E-state index is 13.5. The third kappa shape index (κ3) is 6.47. The molecule has 1 unspecified atom stereocenters. The number of hydrogen-bond acceptors (Lipinski definition) is 5. The highest BCUT2D eigenvalue weighted by Gasteiger charge is 2.15. The third-order valence-corrected chi connectivity index (χ3v) is 4.52. The molecule has 0 aliphatic rings. The SMILES string of the molecule is CCC(OC)Oc1cc(Oc2cc(F)cc(F)c2)cc(C(=O)Nc2ccc(Br)cn2)c1. The summed E-state index contributed by atoms with van der Waals surface area (Å²) in [6.07, 6.45) is 1.55. The number of rotatable bonds is 8. The van der Waals surface area contributed by atoms with Gasteiger partial charge in [0.1, 0.15) is 34.7 Å². The maximum absolute atomic E-state index is 13.5. The second-order valence-corrected chi connectivity index (χ2v) is 7.32. The summed E-state index contributed by atoms with van der Waals surface area (Å²) >= 11 is 3.28. The summed E-state index contributed by atoms with van der Waals surface area (Å²) in [5, 5.41) is 2.67. The first kappa shape index (κ1) is 22.6. The molecule has 1 aromatic heterocycles. The van der Waals surface area contributed by atoms with Gasteiger partial charge in [0.05, 0.1) is 0 Å². The number of anilines is 1. The predicted octanol–water partition coefficient (Wildman–Crippen LogP) is 5.93. The van der Waals surface area contributed by atoms with E-state index in [0.717, 1.165) is 22.7 Å². The number of amides is 1. The lowest BCUT2D eigenvalue weighted by atomic mass is 10.2. The van der Waals surface area contributed by atoms with Crippen molar-refractivity contribution < 1.29 is 27.8 Å². The molecule has 1 heterocycles. The Morgan fingerprint density at radius 3 is 2.35 bits per heavy atom. The quantitative estimate of drug-likeness (QED) is 0.394. The number of aromatic nitrogens is 1. The lowest BCUT2D eigenvalue weighted by Gasteiger charge is -2.17. The minimum Gasteiger partial charge on any atom is -0.465 e. The van der Waals surface area contributed by atoms with Gasteiger partial charge in [-0.25, -0.2) is 13.8 Å². The Kier molecular flexibility index (Phi) is 7.54. The molecule has 0 radical (unpaired) electrons. The number of nitrogens with one attached hydrogen (secondary N) is 1. The monoisotopic (exact) mass is 492 g/mol. The van der Waals surface area contributed by atoms with E-state index >= 15 is 0 Å². The highest BCUT2D eigenvalue weighted by Crippen LogP contribution is 2.30. The van der Waals surface area contributed by atoms with Crippen molar-refractivity contribution in [3.05, 3.63) is 76.4 Å². The zero-order valence-corrected chi connectivity index (χ0v) is 18.3. The van der Waals surface area contributed by atoms with Crippen LogP contribution < -0.4 is 14.8 Å². The van der Waals surface area contributed by atoms with Crippen LogP contribution in [-0.4, -0.2) is 24.3 Å². The predicted molar refractivity (Wildman–Crippen MR) is 114 cm³/mol. The Labute approximate surface area is 186 Å². The highest BCUT2D eigenvalue weighted by atomic mass is 79.9. The number of benzene rings is 2. The third-order valence-electron chi connectivity index (χ3n) is 4.05. The zero-order valence-electron chi connectivity index (χ0n) is 16.7. The molecule has 162 valence electrons. The van der Waals surface area contributed by atoms with Gasteiger partial charge in [0, 0.05) is 54.0 Å². The van der Waals surface area contributed by atoms with Crippen LogP contribution in [0.15, 0.2) is 59.2 Å². The largest absolute Gasteiger partial charge is 0.465 e. The lowest BCUT2D eigenvalue weighted by Crippen LogP contribution is -2.18. The molecule has 2 aromatic carbocycles. The normalized spacial score (nSPS) is 11.6. The molecule has 0 saturated carbocycles. The van der Waals surface area contributed by atoms with Crippen molar-refractivity contribution in [3.8, 4) is 17.2 Å². The molecule has 0 spiro atoms. The molecule has 6 nitrogen and oxygen atoms in total. The minimum atomic E-state index is -0.785. The number of nitrogens with zero attached hydrogens (tertiary/aromatic N) is 1. The molecular weight excluding hydrogens is 474 g/mol. The van der Waals surface area contributed by atoms with Crippen LogP contribution >= 0.6 is 15.9 Å². The first-order valence-corrected chi connectivity index (χ1v) is 10.1. The number of halogens is 3. The first-order valence-electron chi connectivity index (χ1n) is 9.27. The summed E-state index contributed by atoms with van der Waals surface area (Å²) in [4.78, 5) is 16.9. The van der Waals surface area contributed by atoms with E-state index in [1.807, 2.05) is 6.92 Å². The van der Waals surface area contributed by atoms with Crippen molar-refractivity contribution >= 4 is 27.7 Å². The van der Waals surface area contributed by atoms with E-state index in [1.165, 1.54) is 25.3 Å². The molecule has 1 amide bonds. The van der Waals surface area contributed by atoms with Gasteiger partial charge in [0.15, 0.2) is 6.29 Å². The van der Waals surface area contributed by atoms with Crippen molar-refractivity contribution in [1.29, 1.82) is 0 Å². The Hall–Kier alpha value is -3.04. The fraction of sp³-hybridized carbons (Fsp3) is 0.182. The summed E-state index contributed by atoms with van der Waals surface area (Å²) in [5.41, 5.74) is 0.194. The average Bonchev–Trinajstić information content (AvgIpc) is 2.72. The van der Waals surface area contributed by atoms with Crippen LogP contribution in [0.4, 0.5) is 14.6 Å². The van der Waals surface area contributed by atoms with E-state index in [-0.39, 0.29) is 22.8 Å². The van der Waals surface area contributed by atoms with E-state index in [4.69, 9.17) is 14.2 Å². The van der Waals surface area contributed by atoms with E-state index in [9.17, 15) is 13.6 Å². The van der Waals surface area contributed by atoms with Gasteiger partial charge >= 0.3 is 0 Å². The molecule has 0 aliphatic carbocycles. The second kappa shape index (κ2) is 10.3. The molecule has 3 rings (SSSR count). The van der Waals surface area contributed by atoms with Crippen LogP contribution in [-0.2, 0) is 4.74 Å². The van der Waals surface area contributed by atoms with Gasteiger partial charge in [-0.3, -0.25) is 4.79 Å². The minimum absolute atomic E-state index is 0.0608. The summed E-state index contributed by atoms with van der Waals surface area (Å²) in [7, 11) is 1.50. The maximum Gasteiger partial charge on any atom is 0.257 e. The van der Waals surface area contributed by atoms with Crippen molar-refractivity contribution in [2.24, 2.45) is 0 Å². The van der Waals surface area contributed by atoms with Crippen molar-refractivity contribution in [2.45, 2.75) is 19.6 Å². The molecule has 3 aromatic rings. The van der Waals surface area contributed by atoms with Gasteiger partial charge in [0.25, 0.3) is 5.91 Å². The number of pyridine rings is 1. The molecular formula is C22H19BrF2N2O4. The molecule has 1 atom stereocenters. The summed E-state index contributed by atoms with van der Waals surface area (Å²) < 4.78 is 44.3. The molecule has 0 bridgehead atoms. The van der Waals surface area contributed by atoms with Gasteiger partial charge in [-0.15, -0.1) is 0 Å². The average molecular weight is 493 g/mol. The van der Waals surface area contributed by atoms with Gasteiger partial charge in [-0.05, 0) is 40.2 Å². The number of ether oxygens (including phenoxy) is 3. The fourth-order valence-corrected chi connectivity index (χ4v) is 2.88. The van der Waals surface area contributed by atoms with Crippen LogP contribution in [0.25, 0.3) is 0 Å². The standard InChI is InChI=1S/C22H19BrF2N2O4/c1-3-21(29-2)31-18-7-13(22(28)27-20-5-4-14(23)12-26-20)6-17(11-18)30-19-9-15(24)8-16(25)10-19/h4-12,21H,3H2,1-2H3,(H,26,27,28). The Morgan fingerprint density at radius 1 is 1.06 bits per heavy atom. The summed E-state index contributed by atoms with van der Waals surface area (Å²) in [6, 6.07) is 10.6. The number of carbonyl (C=O) groups excluding carboxylic acids is 1. The highest BCUT2D eigenvalue weighted by molar-refractivity contribution is 9.10. The molecule has 0 aliphatic heterocycles. The topological polar surface area (TPSA) is 69.7 Å². The number of methoxy groups -OCH3 is 1. The van der Waals surface area contributed by atoms with Gasteiger partial charge in [0.2, 0.25) is 0 Å². The van der Waals surface area contributed by atoms with E-state index in [1.54, 1.807) is 18.3 Å². The first-order chi connectivity index (χ1) is 14.9. The lowest BCUT2D eigenvalue weighted by molar-refractivity contribution is -0.0549. The van der Waals surface area contributed by atoms with Crippen LogP contribution in [0.2, 0.25) is 0 Å². The van der Waals surface area contributed by atoms with E-state index in [0.29, 0.717) is 12.2 Å². The van der Waals surface area contributed by atoms with Gasteiger partial charge in [-0.2, -0.15) is 0 Å². The van der Waals surface area contributed by atoms with Gasteiger partial charge < -0.3 is 19.5 Å². The molecule has 1 N–H and O–H groups in total. The Balaban J connectivity index is 1.91. The summed E-state index contributed by atoms with van der Waals surface area (Å²) in [5.74, 6) is -1.31.